The van der Waals surface area contributed by atoms with Crippen LogP contribution in [0.4, 0.5) is 4.39 Å². The number of Topliss-reactive ketones (excluding diaryl/α,β-unsaturated/α-hetero) is 1. The van der Waals surface area contributed by atoms with Crippen molar-refractivity contribution in [2.45, 2.75) is 0 Å². The highest BCUT2D eigenvalue weighted by atomic mass is 19.1. The number of aliphatic hydroxyl groups excluding tert-OH is 1. The van der Waals surface area contributed by atoms with Crippen molar-refractivity contribution in [3.63, 3.8) is 0 Å². The number of carbonyl (C=O) groups excluding carboxylic acids is 1. The highest BCUT2D eigenvalue weighted by molar-refractivity contribution is 6.06. The molecule has 0 bridgehead atoms. The van der Waals surface area contributed by atoms with Crippen molar-refractivity contribution in [3.05, 3.63) is 48.0 Å². The molecular formula is C9H7FO2. The predicted octanol–water partition coefficient (Wildman–Crippen LogP) is 2.24. The fourth-order valence-corrected chi connectivity index (χ4v) is 0.786. The zero-order valence-electron chi connectivity index (χ0n) is 6.20. The maximum atomic E-state index is 12.5. The van der Waals surface area contributed by atoms with E-state index in [1.807, 2.05) is 0 Å². The van der Waals surface area contributed by atoms with Gasteiger partial charge in [-0.05, 0) is 0 Å². The average molecular weight is 166 g/mol. The molecule has 12 heavy (non-hydrogen) atoms. The van der Waals surface area contributed by atoms with Gasteiger partial charge in [-0.25, -0.2) is 0 Å². The Morgan fingerprint density at radius 2 is 1.92 bits per heavy atom. The maximum Gasteiger partial charge on any atom is 0.224 e. The topological polar surface area (TPSA) is 37.3 Å². The summed E-state index contributed by atoms with van der Waals surface area (Å²) in [5, 5.41) is 8.21. The number of rotatable bonds is 2. The third kappa shape index (κ3) is 1.69. The molecule has 2 nitrogen and oxygen atoms in total. The van der Waals surface area contributed by atoms with E-state index >= 15 is 0 Å². The van der Waals surface area contributed by atoms with E-state index in [2.05, 4.69) is 0 Å². The van der Waals surface area contributed by atoms with Gasteiger partial charge in [0.05, 0.1) is 0 Å². The van der Waals surface area contributed by atoms with Gasteiger partial charge in [-0.2, -0.15) is 4.39 Å². The van der Waals surface area contributed by atoms with Gasteiger partial charge < -0.3 is 5.11 Å². The monoisotopic (exact) mass is 166 g/mol. The highest BCUT2D eigenvalue weighted by Crippen LogP contribution is 2.07. The van der Waals surface area contributed by atoms with E-state index in [0.717, 1.165) is 0 Å². The number of benzene rings is 1. The van der Waals surface area contributed by atoms with Gasteiger partial charge in [0.15, 0.2) is 0 Å². The van der Waals surface area contributed by atoms with Gasteiger partial charge >= 0.3 is 0 Å². The van der Waals surface area contributed by atoms with Crippen molar-refractivity contribution in [1.82, 2.24) is 0 Å². The van der Waals surface area contributed by atoms with Crippen molar-refractivity contribution in [3.8, 4) is 0 Å². The largest absolute Gasteiger partial charge is 0.512 e. The van der Waals surface area contributed by atoms with Gasteiger partial charge in [-0.1, -0.05) is 30.3 Å². The first kappa shape index (κ1) is 8.46. The van der Waals surface area contributed by atoms with Gasteiger partial charge in [0.2, 0.25) is 11.6 Å². The Kier molecular flexibility index (Phi) is 2.58. The molecule has 0 aliphatic rings. The maximum absolute atomic E-state index is 12.5. The van der Waals surface area contributed by atoms with E-state index < -0.39 is 11.6 Å². The van der Waals surface area contributed by atoms with Crippen LogP contribution >= 0.6 is 0 Å². The molecule has 0 aliphatic heterocycles. The number of aliphatic hydroxyl groups is 1. The fourth-order valence-electron chi connectivity index (χ4n) is 0.786. The normalized spacial score (nSPS) is 11.2. The lowest BCUT2D eigenvalue weighted by atomic mass is 10.1. The summed E-state index contributed by atoms with van der Waals surface area (Å²) < 4.78 is 12.5. The van der Waals surface area contributed by atoms with Gasteiger partial charge in [0, 0.05) is 5.56 Å². The lowest BCUT2D eigenvalue weighted by molar-refractivity contribution is 0.1000. The second kappa shape index (κ2) is 3.67. The van der Waals surface area contributed by atoms with Crippen LogP contribution < -0.4 is 0 Å². The van der Waals surface area contributed by atoms with Crippen molar-refractivity contribution < 1.29 is 14.3 Å². The van der Waals surface area contributed by atoms with Crippen molar-refractivity contribution in [1.29, 1.82) is 0 Å². The van der Waals surface area contributed by atoms with Crippen LogP contribution in [-0.4, -0.2) is 10.9 Å². The summed E-state index contributed by atoms with van der Waals surface area (Å²) in [6.45, 7) is 0. The van der Waals surface area contributed by atoms with E-state index in [-0.39, 0.29) is 11.8 Å². The summed E-state index contributed by atoms with van der Waals surface area (Å²) in [6.07, 6.45) is 0.162. The molecule has 0 saturated heterocycles. The molecule has 1 rings (SSSR count). The molecule has 0 radical (unpaired) electrons. The Hall–Kier alpha value is -1.64. The third-order valence-corrected chi connectivity index (χ3v) is 1.37. The first-order chi connectivity index (χ1) is 5.75. The van der Waals surface area contributed by atoms with Gasteiger partial charge in [-0.3, -0.25) is 4.79 Å². The molecule has 0 unspecified atom stereocenters. The molecule has 0 heterocycles. The number of ketones is 1. The summed E-state index contributed by atoms with van der Waals surface area (Å²) in [7, 11) is 0. The van der Waals surface area contributed by atoms with Crippen LogP contribution in [0.25, 0.3) is 0 Å². The number of hydrogen-bond acceptors (Lipinski definition) is 2. The van der Waals surface area contributed by atoms with E-state index in [9.17, 15) is 9.18 Å². The Balaban J connectivity index is 2.94. The lowest BCUT2D eigenvalue weighted by Gasteiger charge is -1.94. The van der Waals surface area contributed by atoms with Crippen molar-refractivity contribution in [2.24, 2.45) is 0 Å². The minimum Gasteiger partial charge on any atom is -0.512 e. The van der Waals surface area contributed by atoms with Crippen molar-refractivity contribution in [2.75, 3.05) is 0 Å². The lowest BCUT2D eigenvalue weighted by Crippen LogP contribution is -1.98. The summed E-state index contributed by atoms with van der Waals surface area (Å²) >= 11 is 0. The summed E-state index contributed by atoms with van der Waals surface area (Å²) in [4.78, 5) is 11.0. The quantitative estimate of drug-likeness (QED) is 0.415. The smallest absolute Gasteiger partial charge is 0.224 e. The SMILES string of the molecule is O=C(C(F)=CO)c1ccccc1. The Bertz CT molecular complexity index is 304. The third-order valence-electron chi connectivity index (χ3n) is 1.37. The molecule has 0 aromatic heterocycles. The Morgan fingerprint density at radius 1 is 1.33 bits per heavy atom. The number of halogens is 1. The first-order valence-electron chi connectivity index (χ1n) is 3.35. The standard InChI is InChI=1S/C9H7FO2/c10-8(6-11)9(12)7-4-2-1-3-5-7/h1-6,11H. The van der Waals surface area contributed by atoms with Gasteiger partial charge in [0.25, 0.3) is 0 Å². The van der Waals surface area contributed by atoms with Crippen LogP contribution in [0, 0.1) is 0 Å². The average Bonchev–Trinajstić information content (AvgIpc) is 2.17. The van der Waals surface area contributed by atoms with E-state index in [0.29, 0.717) is 0 Å². The molecule has 0 spiro atoms. The first-order valence-corrected chi connectivity index (χ1v) is 3.35. The molecule has 3 heteroatoms. The summed E-state index contributed by atoms with van der Waals surface area (Å²) in [6, 6.07) is 7.92. The zero-order chi connectivity index (χ0) is 8.97. The van der Waals surface area contributed by atoms with Crippen LogP contribution in [0.15, 0.2) is 42.4 Å². The number of hydrogen-bond donors (Lipinski definition) is 1. The summed E-state index contributed by atoms with van der Waals surface area (Å²) in [5.41, 5.74) is 0.223. The molecule has 0 saturated carbocycles. The second-order valence-electron chi connectivity index (χ2n) is 2.17. The molecule has 1 N–H and O–H groups in total. The van der Waals surface area contributed by atoms with E-state index in [1.54, 1.807) is 18.2 Å². The molecular weight excluding hydrogens is 159 g/mol. The van der Waals surface area contributed by atoms with Crippen LogP contribution in [0.2, 0.25) is 0 Å². The Labute approximate surface area is 69.0 Å². The van der Waals surface area contributed by atoms with Crippen LogP contribution in [0.3, 0.4) is 0 Å². The number of carbonyl (C=O) groups is 1. The van der Waals surface area contributed by atoms with E-state index in [4.69, 9.17) is 5.11 Å². The molecule has 1 aromatic rings. The van der Waals surface area contributed by atoms with Crippen LogP contribution in [0.5, 0.6) is 0 Å². The number of allylic oxidation sites excluding steroid dienone is 1. The highest BCUT2D eigenvalue weighted by Gasteiger charge is 2.10. The molecule has 0 fully saturated rings. The van der Waals surface area contributed by atoms with Gasteiger partial charge in [-0.15, -0.1) is 0 Å². The van der Waals surface area contributed by atoms with Gasteiger partial charge in [0.1, 0.15) is 6.26 Å². The summed E-state index contributed by atoms with van der Waals surface area (Å²) in [5.74, 6) is -1.96. The van der Waals surface area contributed by atoms with Crippen molar-refractivity contribution >= 4 is 5.78 Å². The predicted molar refractivity (Wildman–Crippen MR) is 42.6 cm³/mol. The molecule has 1 aromatic carbocycles. The van der Waals surface area contributed by atoms with Crippen LogP contribution in [-0.2, 0) is 0 Å². The zero-order valence-corrected chi connectivity index (χ0v) is 6.20. The minimum atomic E-state index is -1.15. The molecule has 62 valence electrons. The Morgan fingerprint density at radius 3 is 2.42 bits per heavy atom. The molecule has 0 atom stereocenters. The second-order valence-corrected chi connectivity index (χ2v) is 2.17. The molecule has 0 aliphatic carbocycles. The van der Waals surface area contributed by atoms with Crippen LogP contribution in [0.1, 0.15) is 10.4 Å². The minimum absolute atomic E-state index is 0.162. The fraction of sp³-hybridized carbons (Fsp3) is 0. The van der Waals surface area contributed by atoms with E-state index in [1.165, 1.54) is 12.1 Å². The molecule has 0 amide bonds.